The highest BCUT2D eigenvalue weighted by molar-refractivity contribution is 5.87. The summed E-state index contributed by atoms with van der Waals surface area (Å²) in [5.74, 6) is -0.689. The molecular weight excluding hydrogens is 196 g/mol. The zero-order valence-electron chi connectivity index (χ0n) is 9.79. The van der Waals surface area contributed by atoms with Crippen molar-refractivity contribution in [1.29, 1.82) is 0 Å². The van der Waals surface area contributed by atoms with Crippen LogP contribution in [-0.4, -0.2) is 30.1 Å². The SMILES string of the molecule is CCOC(=O)C(C)(C)NC(=O)CC(C)N. The van der Waals surface area contributed by atoms with E-state index in [0.717, 1.165) is 0 Å². The molecule has 5 heteroatoms. The molecule has 88 valence electrons. The van der Waals surface area contributed by atoms with Gasteiger partial charge in [-0.3, -0.25) is 4.79 Å². The maximum atomic E-state index is 11.4. The normalized spacial score (nSPS) is 13.1. The molecule has 0 fully saturated rings. The fourth-order valence-electron chi connectivity index (χ4n) is 1.05. The number of carbonyl (C=O) groups is 2. The molecule has 1 unspecified atom stereocenters. The van der Waals surface area contributed by atoms with E-state index in [9.17, 15) is 9.59 Å². The second-order valence-corrected chi connectivity index (χ2v) is 4.08. The van der Waals surface area contributed by atoms with Gasteiger partial charge in [-0.25, -0.2) is 4.79 Å². The van der Waals surface area contributed by atoms with Crippen LogP contribution in [0.15, 0.2) is 0 Å². The molecule has 0 rings (SSSR count). The summed E-state index contributed by atoms with van der Waals surface area (Å²) in [5, 5.41) is 2.58. The molecule has 1 atom stereocenters. The highest BCUT2D eigenvalue weighted by Gasteiger charge is 2.30. The highest BCUT2D eigenvalue weighted by atomic mass is 16.5. The Morgan fingerprint density at radius 1 is 1.47 bits per heavy atom. The second kappa shape index (κ2) is 5.70. The Morgan fingerprint density at radius 2 is 2.00 bits per heavy atom. The first-order valence-electron chi connectivity index (χ1n) is 5.03. The summed E-state index contributed by atoms with van der Waals surface area (Å²) in [6, 6.07) is -0.219. The van der Waals surface area contributed by atoms with Crippen LogP contribution in [0.1, 0.15) is 34.1 Å². The van der Waals surface area contributed by atoms with Crippen LogP contribution < -0.4 is 11.1 Å². The Hall–Kier alpha value is -1.10. The number of rotatable bonds is 5. The second-order valence-electron chi connectivity index (χ2n) is 4.08. The number of esters is 1. The smallest absolute Gasteiger partial charge is 0.331 e. The molecule has 0 bridgehead atoms. The molecule has 0 aliphatic heterocycles. The van der Waals surface area contributed by atoms with E-state index in [1.165, 1.54) is 0 Å². The monoisotopic (exact) mass is 216 g/mol. The lowest BCUT2D eigenvalue weighted by Gasteiger charge is -2.24. The van der Waals surface area contributed by atoms with E-state index in [2.05, 4.69) is 5.32 Å². The van der Waals surface area contributed by atoms with Crippen molar-refractivity contribution in [3.63, 3.8) is 0 Å². The minimum Gasteiger partial charge on any atom is -0.464 e. The topological polar surface area (TPSA) is 81.4 Å². The molecule has 3 N–H and O–H groups in total. The molecule has 0 saturated carbocycles. The number of hydrogen-bond donors (Lipinski definition) is 2. The number of amides is 1. The van der Waals surface area contributed by atoms with Crippen molar-refractivity contribution in [1.82, 2.24) is 5.32 Å². The van der Waals surface area contributed by atoms with Gasteiger partial charge in [-0.2, -0.15) is 0 Å². The summed E-state index contributed by atoms with van der Waals surface area (Å²) in [7, 11) is 0. The molecule has 5 nitrogen and oxygen atoms in total. The Balaban J connectivity index is 4.24. The Kier molecular flexibility index (Phi) is 5.28. The summed E-state index contributed by atoms with van der Waals surface area (Å²) in [6.07, 6.45) is 0.197. The lowest BCUT2D eigenvalue weighted by molar-refractivity contribution is -0.151. The van der Waals surface area contributed by atoms with Gasteiger partial charge in [-0.05, 0) is 27.7 Å². The van der Waals surface area contributed by atoms with Crippen LogP contribution in [-0.2, 0) is 14.3 Å². The highest BCUT2D eigenvalue weighted by Crippen LogP contribution is 2.05. The van der Waals surface area contributed by atoms with E-state index in [4.69, 9.17) is 10.5 Å². The predicted octanol–water partition coefficient (Wildman–Crippen LogP) is 0.182. The van der Waals surface area contributed by atoms with E-state index in [1.807, 2.05) is 0 Å². The van der Waals surface area contributed by atoms with Crippen molar-refractivity contribution in [3.05, 3.63) is 0 Å². The largest absolute Gasteiger partial charge is 0.464 e. The fraction of sp³-hybridized carbons (Fsp3) is 0.800. The number of ether oxygens (including phenoxy) is 1. The Labute approximate surface area is 90.4 Å². The van der Waals surface area contributed by atoms with Crippen LogP contribution in [0.5, 0.6) is 0 Å². The van der Waals surface area contributed by atoms with Gasteiger partial charge in [0.1, 0.15) is 5.54 Å². The van der Waals surface area contributed by atoms with Gasteiger partial charge in [0.25, 0.3) is 0 Å². The van der Waals surface area contributed by atoms with Crippen molar-refractivity contribution in [2.24, 2.45) is 5.73 Å². The maximum absolute atomic E-state index is 11.4. The van der Waals surface area contributed by atoms with Gasteiger partial charge < -0.3 is 15.8 Å². The summed E-state index contributed by atoms with van der Waals surface area (Å²) in [6.45, 7) is 6.95. The van der Waals surface area contributed by atoms with Crippen LogP contribution in [0.3, 0.4) is 0 Å². The van der Waals surface area contributed by atoms with Gasteiger partial charge in [-0.15, -0.1) is 0 Å². The Bertz CT molecular complexity index is 237. The minimum atomic E-state index is -0.998. The van der Waals surface area contributed by atoms with Crippen molar-refractivity contribution >= 4 is 11.9 Å². The minimum absolute atomic E-state index is 0.197. The molecule has 0 aliphatic rings. The number of carbonyl (C=O) groups excluding carboxylic acids is 2. The first-order valence-corrected chi connectivity index (χ1v) is 5.03. The van der Waals surface area contributed by atoms with Crippen molar-refractivity contribution in [2.45, 2.75) is 45.7 Å². The number of nitrogens with one attached hydrogen (secondary N) is 1. The number of hydrogen-bond acceptors (Lipinski definition) is 4. The summed E-state index contributed by atoms with van der Waals surface area (Å²) < 4.78 is 4.83. The lowest BCUT2D eigenvalue weighted by Crippen LogP contribution is -2.51. The molecule has 0 spiro atoms. The van der Waals surface area contributed by atoms with Crippen molar-refractivity contribution < 1.29 is 14.3 Å². The van der Waals surface area contributed by atoms with Crippen LogP contribution in [0, 0.1) is 0 Å². The van der Waals surface area contributed by atoms with Gasteiger partial charge in [0.2, 0.25) is 5.91 Å². The zero-order valence-corrected chi connectivity index (χ0v) is 9.79. The van der Waals surface area contributed by atoms with Crippen molar-refractivity contribution in [3.8, 4) is 0 Å². The summed E-state index contributed by atoms with van der Waals surface area (Å²) in [5.41, 5.74) is 4.47. The van der Waals surface area contributed by atoms with E-state index in [0.29, 0.717) is 6.61 Å². The zero-order chi connectivity index (χ0) is 12.1. The lowest BCUT2D eigenvalue weighted by atomic mass is 10.1. The molecule has 0 saturated heterocycles. The third kappa shape index (κ3) is 5.37. The van der Waals surface area contributed by atoms with Gasteiger partial charge in [0.15, 0.2) is 0 Å². The number of nitrogens with two attached hydrogens (primary N) is 1. The Morgan fingerprint density at radius 3 is 2.40 bits per heavy atom. The average molecular weight is 216 g/mol. The molecule has 15 heavy (non-hydrogen) atoms. The predicted molar refractivity (Wildman–Crippen MR) is 57.1 cm³/mol. The van der Waals surface area contributed by atoms with Crippen LogP contribution in [0.2, 0.25) is 0 Å². The molecular formula is C10H20N2O3. The third-order valence-corrected chi connectivity index (χ3v) is 1.75. The van der Waals surface area contributed by atoms with Gasteiger partial charge in [-0.1, -0.05) is 0 Å². The van der Waals surface area contributed by atoms with Crippen LogP contribution >= 0.6 is 0 Å². The summed E-state index contributed by atoms with van der Waals surface area (Å²) in [4.78, 5) is 22.8. The van der Waals surface area contributed by atoms with E-state index < -0.39 is 11.5 Å². The van der Waals surface area contributed by atoms with E-state index >= 15 is 0 Å². The van der Waals surface area contributed by atoms with Crippen molar-refractivity contribution in [2.75, 3.05) is 6.61 Å². The molecule has 0 aliphatic carbocycles. The molecule has 0 aromatic rings. The fourth-order valence-corrected chi connectivity index (χ4v) is 1.05. The van der Waals surface area contributed by atoms with Gasteiger partial charge in [0, 0.05) is 12.5 Å². The standard InChI is InChI=1S/C10H20N2O3/c1-5-15-9(14)10(3,4)12-8(13)6-7(2)11/h7H,5-6,11H2,1-4H3,(H,12,13). The molecule has 1 amide bonds. The van der Waals surface area contributed by atoms with E-state index in [-0.39, 0.29) is 18.4 Å². The average Bonchev–Trinajstić information content (AvgIpc) is 2.01. The van der Waals surface area contributed by atoms with Crippen LogP contribution in [0.25, 0.3) is 0 Å². The molecule has 0 radical (unpaired) electrons. The first kappa shape index (κ1) is 13.9. The molecule has 0 heterocycles. The van der Waals surface area contributed by atoms with Gasteiger partial charge >= 0.3 is 5.97 Å². The van der Waals surface area contributed by atoms with Gasteiger partial charge in [0.05, 0.1) is 6.61 Å². The third-order valence-electron chi connectivity index (χ3n) is 1.75. The quantitative estimate of drug-likeness (QED) is 0.642. The maximum Gasteiger partial charge on any atom is 0.331 e. The molecule has 0 aromatic carbocycles. The first-order chi connectivity index (χ1) is 6.79. The van der Waals surface area contributed by atoms with Crippen LogP contribution in [0.4, 0.5) is 0 Å². The summed E-state index contributed by atoms with van der Waals surface area (Å²) >= 11 is 0. The molecule has 0 aromatic heterocycles. The van der Waals surface area contributed by atoms with E-state index in [1.54, 1.807) is 27.7 Å².